The molecule has 0 saturated carbocycles. The molecule has 0 aliphatic carbocycles. The quantitative estimate of drug-likeness (QED) is 0.668. The van der Waals surface area contributed by atoms with Gasteiger partial charge < -0.3 is 4.74 Å². The third-order valence-electron chi connectivity index (χ3n) is 1.89. The normalized spacial score (nSPS) is 13.6. The van der Waals surface area contributed by atoms with E-state index in [0.717, 1.165) is 19.6 Å². The predicted molar refractivity (Wildman–Crippen MR) is 59.4 cm³/mol. The second-order valence-corrected chi connectivity index (χ2v) is 4.16. The third kappa shape index (κ3) is 4.03. The SMILES string of the molecule is CC(=O)Br.c1ccc2c(c1)CCOC2. The van der Waals surface area contributed by atoms with Crippen molar-refractivity contribution in [2.75, 3.05) is 6.61 Å². The van der Waals surface area contributed by atoms with Crippen LogP contribution in [0, 0.1) is 0 Å². The minimum absolute atomic E-state index is 0.0208. The predicted octanol–water partition coefficient (Wildman–Crippen LogP) is 2.69. The first kappa shape index (κ1) is 11.4. The van der Waals surface area contributed by atoms with E-state index < -0.39 is 0 Å². The Morgan fingerprint density at radius 2 is 1.93 bits per heavy atom. The van der Waals surface area contributed by atoms with Crippen molar-refractivity contribution >= 4 is 20.6 Å². The fourth-order valence-electron chi connectivity index (χ4n) is 1.31. The molecule has 3 heteroatoms. The number of fused-ring (bicyclic) bond motifs is 1. The van der Waals surface area contributed by atoms with E-state index in [0.29, 0.717) is 0 Å². The second-order valence-electron chi connectivity index (χ2n) is 3.04. The summed E-state index contributed by atoms with van der Waals surface area (Å²) >= 11 is 2.63. The van der Waals surface area contributed by atoms with Gasteiger partial charge in [-0.1, -0.05) is 24.3 Å². The molecule has 76 valence electrons. The Morgan fingerprint density at radius 3 is 2.50 bits per heavy atom. The summed E-state index contributed by atoms with van der Waals surface area (Å²) in [5.74, 6) is 0. The van der Waals surface area contributed by atoms with Crippen LogP contribution >= 0.6 is 15.9 Å². The lowest BCUT2D eigenvalue weighted by molar-refractivity contribution is -0.108. The van der Waals surface area contributed by atoms with Gasteiger partial charge in [0.15, 0.2) is 4.69 Å². The molecule has 14 heavy (non-hydrogen) atoms. The van der Waals surface area contributed by atoms with Crippen LogP contribution in [-0.4, -0.2) is 11.3 Å². The Balaban J connectivity index is 0.000000213. The van der Waals surface area contributed by atoms with Crippen LogP contribution < -0.4 is 0 Å². The molecule has 0 radical (unpaired) electrons. The average Bonchev–Trinajstić information content (AvgIpc) is 2.17. The number of benzene rings is 1. The first-order valence-electron chi connectivity index (χ1n) is 4.50. The summed E-state index contributed by atoms with van der Waals surface area (Å²) in [4.78, 5) is 9.36. The molecule has 2 nitrogen and oxygen atoms in total. The lowest BCUT2D eigenvalue weighted by Crippen LogP contribution is -2.08. The smallest absolute Gasteiger partial charge is 0.194 e. The molecule has 1 heterocycles. The van der Waals surface area contributed by atoms with Crippen molar-refractivity contribution in [1.29, 1.82) is 0 Å². The minimum Gasteiger partial charge on any atom is -0.376 e. The number of rotatable bonds is 0. The lowest BCUT2D eigenvalue weighted by Gasteiger charge is -2.14. The van der Waals surface area contributed by atoms with Gasteiger partial charge in [-0.3, -0.25) is 4.79 Å². The van der Waals surface area contributed by atoms with Gasteiger partial charge in [0.2, 0.25) is 0 Å². The van der Waals surface area contributed by atoms with Crippen LogP contribution in [0.2, 0.25) is 0 Å². The summed E-state index contributed by atoms with van der Waals surface area (Å²) in [7, 11) is 0. The van der Waals surface area contributed by atoms with Gasteiger partial charge in [-0.2, -0.15) is 0 Å². The molecule has 0 saturated heterocycles. The van der Waals surface area contributed by atoms with E-state index in [2.05, 4.69) is 40.2 Å². The number of carbonyl (C=O) groups excluding carboxylic acids is 1. The van der Waals surface area contributed by atoms with Crippen LogP contribution in [0.15, 0.2) is 24.3 Å². The second kappa shape index (κ2) is 5.94. The van der Waals surface area contributed by atoms with E-state index in [-0.39, 0.29) is 4.69 Å². The van der Waals surface area contributed by atoms with Crippen LogP contribution in [0.5, 0.6) is 0 Å². The molecule has 0 aromatic heterocycles. The van der Waals surface area contributed by atoms with Gasteiger partial charge in [0, 0.05) is 6.92 Å². The number of carbonyl (C=O) groups is 1. The first-order valence-corrected chi connectivity index (χ1v) is 5.30. The lowest BCUT2D eigenvalue weighted by atomic mass is 10.0. The van der Waals surface area contributed by atoms with Gasteiger partial charge in [-0.25, -0.2) is 0 Å². The van der Waals surface area contributed by atoms with Gasteiger partial charge in [-0.15, -0.1) is 0 Å². The van der Waals surface area contributed by atoms with Crippen LogP contribution in [0.3, 0.4) is 0 Å². The molecule has 0 bridgehead atoms. The molecule has 1 aromatic rings. The molecule has 0 fully saturated rings. The maximum atomic E-state index is 9.36. The van der Waals surface area contributed by atoms with Gasteiger partial charge in [0.05, 0.1) is 13.2 Å². The van der Waals surface area contributed by atoms with E-state index in [9.17, 15) is 4.79 Å². The molecule has 1 aliphatic rings. The van der Waals surface area contributed by atoms with E-state index >= 15 is 0 Å². The molecule has 0 spiro atoms. The number of hydrogen-bond acceptors (Lipinski definition) is 2. The van der Waals surface area contributed by atoms with Crippen molar-refractivity contribution in [3.8, 4) is 0 Å². The summed E-state index contributed by atoms with van der Waals surface area (Å²) in [6, 6.07) is 8.46. The van der Waals surface area contributed by atoms with Gasteiger partial charge in [0.1, 0.15) is 0 Å². The summed E-state index contributed by atoms with van der Waals surface area (Å²) in [5.41, 5.74) is 2.81. The Kier molecular flexibility index (Phi) is 4.84. The highest BCUT2D eigenvalue weighted by molar-refractivity contribution is 9.18. The third-order valence-corrected chi connectivity index (χ3v) is 1.89. The topological polar surface area (TPSA) is 26.3 Å². The van der Waals surface area contributed by atoms with Crippen molar-refractivity contribution in [2.24, 2.45) is 0 Å². The van der Waals surface area contributed by atoms with Gasteiger partial charge in [-0.05, 0) is 33.5 Å². The molecule has 1 aliphatic heterocycles. The van der Waals surface area contributed by atoms with E-state index in [1.807, 2.05) is 0 Å². The number of ether oxygens (including phenoxy) is 1. The molecular weight excluding hydrogens is 244 g/mol. The monoisotopic (exact) mass is 256 g/mol. The molecule has 0 unspecified atom stereocenters. The number of halogens is 1. The minimum atomic E-state index is -0.0208. The Morgan fingerprint density at radius 1 is 1.36 bits per heavy atom. The van der Waals surface area contributed by atoms with Crippen LogP contribution in [0.4, 0.5) is 0 Å². The summed E-state index contributed by atoms with van der Waals surface area (Å²) in [6.45, 7) is 3.13. The van der Waals surface area contributed by atoms with Crippen molar-refractivity contribution in [3.05, 3.63) is 35.4 Å². The van der Waals surface area contributed by atoms with Crippen LogP contribution in [0.25, 0.3) is 0 Å². The summed E-state index contributed by atoms with van der Waals surface area (Å²) in [6.07, 6.45) is 1.08. The zero-order valence-electron chi connectivity index (χ0n) is 8.13. The van der Waals surface area contributed by atoms with Crippen molar-refractivity contribution < 1.29 is 9.53 Å². The number of hydrogen-bond donors (Lipinski definition) is 0. The largest absolute Gasteiger partial charge is 0.376 e. The van der Waals surface area contributed by atoms with Gasteiger partial charge in [0.25, 0.3) is 0 Å². The summed E-state index contributed by atoms with van der Waals surface area (Å²) in [5, 5.41) is 0. The summed E-state index contributed by atoms with van der Waals surface area (Å²) < 4.78 is 5.28. The Bertz CT molecular complexity index is 281. The van der Waals surface area contributed by atoms with E-state index in [1.54, 1.807) is 0 Å². The van der Waals surface area contributed by atoms with Gasteiger partial charge >= 0.3 is 0 Å². The van der Waals surface area contributed by atoms with Crippen LogP contribution in [-0.2, 0) is 22.6 Å². The molecule has 0 amide bonds. The average molecular weight is 257 g/mol. The zero-order valence-corrected chi connectivity index (χ0v) is 9.71. The van der Waals surface area contributed by atoms with Crippen molar-refractivity contribution in [1.82, 2.24) is 0 Å². The zero-order chi connectivity index (χ0) is 10.4. The van der Waals surface area contributed by atoms with Crippen molar-refractivity contribution in [3.63, 3.8) is 0 Å². The standard InChI is InChI=1S/C9H10O.C2H3BrO/c1-2-4-9-7-10-6-5-8(9)3-1;1-2(3)4/h1-4H,5-7H2;1H3. The Hall–Kier alpha value is -0.670. The highest BCUT2D eigenvalue weighted by Crippen LogP contribution is 2.14. The highest BCUT2D eigenvalue weighted by Gasteiger charge is 2.06. The molecule has 0 N–H and O–H groups in total. The maximum Gasteiger partial charge on any atom is 0.194 e. The molecular formula is C11H13BrO2. The fraction of sp³-hybridized carbons (Fsp3) is 0.364. The highest BCUT2D eigenvalue weighted by atomic mass is 79.9. The molecule has 2 rings (SSSR count). The first-order chi connectivity index (χ1) is 6.70. The van der Waals surface area contributed by atoms with E-state index in [1.165, 1.54) is 18.1 Å². The van der Waals surface area contributed by atoms with Crippen molar-refractivity contribution in [2.45, 2.75) is 20.0 Å². The van der Waals surface area contributed by atoms with E-state index in [4.69, 9.17) is 4.74 Å². The fourth-order valence-corrected chi connectivity index (χ4v) is 1.31. The van der Waals surface area contributed by atoms with Crippen LogP contribution in [0.1, 0.15) is 18.1 Å². The Labute approximate surface area is 92.4 Å². The molecule has 0 atom stereocenters. The maximum absolute atomic E-state index is 9.36. The molecule has 1 aromatic carbocycles.